The number of ketones is 1. The minimum Gasteiger partial charge on any atom is -0.504 e. The van der Waals surface area contributed by atoms with Crippen molar-refractivity contribution in [1.29, 1.82) is 0 Å². The summed E-state index contributed by atoms with van der Waals surface area (Å²) in [6.07, 6.45) is 0. The number of rotatable bonds is 7. The van der Waals surface area contributed by atoms with E-state index >= 15 is 0 Å². The van der Waals surface area contributed by atoms with Crippen molar-refractivity contribution in [2.75, 3.05) is 6.61 Å². The number of phenols is 1. The van der Waals surface area contributed by atoms with Crippen LogP contribution in [0.25, 0.3) is 5.70 Å². The topological polar surface area (TPSA) is 78.9 Å². The summed E-state index contributed by atoms with van der Waals surface area (Å²) in [6, 6.07) is 21.2. The number of Topliss-reactive ketones (excluding diaryl/α,β-unsaturated/α-hetero) is 1. The molecule has 0 aromatic heterocycles. The highest BCUT2D eigenvalue weighted by molar-refractivity contribution is 9.10. The van der Waals surface area contributed by atoms with Gasteiger partial charge >= 0.3 is 6.03 Å². The van der Waals surface area contributed by atoms with Gasteiger partial charge in [0.1, 0.15) is 0 Å². The van der Waals surface area contributed by atoms with Crippen LogP contribution in [0.15, 0.2) is 82.8 Å². The Kier molecular flexibility index (Phi) is 7.03. The van der Waals surface area contributed by atoms with E-state index in [1.807, 2.05) is 67.6 Å². The lowest BCUT2D eigenvalue weighted by atomic mass is 9.89. The molecule has 1 heterocycles. The Morgan fingerprint density at radius 3 is 2.35 bits per heavy atom. The predicted molar refractivity (Wildman–Crippen MR) is 134 cm³/mol. The Bertz CT molecular complexity index is 1240. The van der Waals surface area contributed by atoms with E-state index in [0.29, 0.717) is 34.5 Å². The predicted octanol–water partition coefficient (Wildman–Crippen LogP) is 5.82. The fourth-order valence-corrected chi connectivity index (χ4v) is 4.70. The minimum atomic E-state index is -0.735. The third-order valence-corrected chi connectivity index (χ3v) is 6.31. The summed E-state index contributed by atoms with van der Waals surface area (Å²) >= 11 is 3.50. The first kappa shape index (κ1) is 23.6. The number of carbonyl (C=O) groups is 2. The van der Waals surface area contributed by atoms with Crippen LogP contribution in [0, 0.1) is 0 Å². The molecule has 0 fully saturated rings. The summed E-state index contributed by atoms with van der Waals surface area (Å²) in [7, 11) is 0. The van der Waals surface area contributed by atoms with Crippen LogP contribution >= 0.6 is 15.9 Å². The number of halogens is 1. The highest BCUT2D eigenvalue weighted by Gasteiger charge is 2.38. The molecule has 0 bridgehead atoms. The van der Waals surface area contributed by atoms with Crippen molar-refractivity contribution in [3.05, 3.63) is 99.5 Å². The molecule has 0 radical (unpaired) electrons. The first-order valence-electron chi connectivity index (χ1n) is 11.0. The Morgan fingerprint density at radius 1 is 1.09 bits per heavy atom. The SMILES string of the molecule is CCOc1cc([C@H]2NC(=O)N(Cc3ccccc3)C(c3ccccc3)=C2C(C)=O)c(Br)cc1O. The van der Waals surface area contributed by atoms with Crippen molar-refractivity contribution < 1.29 is 19.4 Å². The van der Waals surface area contributed by atoms with Crippen molar-refractivity contribution in [2.24, 2.45) is 0 Å². The van der Waals surface area contributed by atoms with Crippen LogP contribution in [-0.4, -0.2) is 28.4 Å². The van der Waals surface area contributed by atoms with Crippen LogP contribution in [0.4, 0.5) is 4.79 Å². The number of ether oxygens (including phenoxy) is 1. The summed E-state index contributed by atoms with van der Waals surface area (Å²) in [6.45, 7) is 3.99. The maximum absolute atomic E-state index is 13.5. The van der Waals surface area contributed by atoms with Gasteiger partial charge in [0, 0.05) is 10.0 Å². The number of amides is 2. The number of urea groups is 1. The molecule has 0 aliphatic carbocycles. The molecule has 1 aliphatic rings. The maximum atomic E-state index is 13.5. The first-order valence-corrected chi connectivity index (χ1v) is 11.8. The second kappa shape index (κ2) is 10.1. The van der Waals surface area contributed by atoms with Gasteiger partial charge in [-0.3, -0.25) is 9.69 Å². The van der Waals surface area contributed by atoms with Crippen LogP contribution in [0.1, 0.15) is 36.6 Å². The molecule has 1 aliphatic heterocycles. The Morgan fingerprint density at radius 2 is 1.74 bits per heavy atom. The van der Waals surface area contributed by atoms with Gasteiger partial charge in [-0.1, -0.05) is 76.6 Å². The van der Waals surface area contributed by atoms with Gasteiger partial charge in [-0.25, -0.2) is 4.79 Å². The second-order valence-corrected chi connectivity index (χ2v) is 8.77. The van der Waals surface area contributed by atoms with E-state index in [0.717, 1.165) is 11.1 Å². The van der Waals surface area contributed by atoms with Crippen molar-refractivity contribution in [3.63, 3.8) is 0 Å². The van der Waals surface area contributed by atoms with E-state index in [1.165, 1.54) is 13.0 Å². The zero-order valence-corrected chi connectivity index (χ0v) is 20.5. The van der Waals surface area contributed by atoms with E-state index in [9.17, 15) is 14.7 Å². The number of hydrogen-bond acceptors (Lipinski definition) is 4. The largest absolute Gasteiger partial charge is 0.504 e. The summed E-state index contributed by atoms with van der Waals surface area (Å²) in [5.74, 6) is 0.0904. The lowest BCUT2D eigenvalue weighted by Gasteiger charge is -2.37. The maximum Gasteiger partial charge on any atom is 0.322 e. The number of nitrogens with zero attached hydrogens (tertiary/aromatic N) is 1. The van der Waals surface area contributed by atoms with E-state index in [4.69, 9.17) is 4.74 Å². The molecule has 0 saturated heterocycles. The molecule has 4 rings (SSSR count). The van der Waals surface area contributed by atoms with Crippen molar-refractivity contribution in [1.82, 2.24) is 10.2 Å². The van der Waals surface area contributed by atoms with Crippen LogP contribution < -0.4 is 10.1 Å². The van der Waals surface area contributed by atoms with Gasteiger partial charge in [0.25, 0.3) is 0 Å². The number of carbonyl (C=O) groups excluding carboxylic acids is 2. The lowest BCUT2D eigenvalue weighted by molar-refractivity contribution is -0.114. The third kappa shape index (κ3) is 4.70. The highest BCUT2D eigenvalue weighted by atomic mass is 79.9. The number of phenolic OH excluding ortho intramolecular Hbond substituents is 1. The molecular weight excluding hydrogens is 496 g/mol. The molecule has 1 atom stereocenters. The third-order valence-electron chi connectivity index (χ3n) is 5.63. The van der Waals surface area contributed by atoms with Gasteiger partial charge in [-0.05, 0) is 42.7 Å². The average Bonchev–Trinajstić information content (AvgIpc) is 2.83. The van der Waals surface area contributed by atoms with Crippen LogP contribution in [0.5, 0.6) is 11.5 Å². The van der Waals surface area contributed by atoms with Gasteiger partial charge in [-0.15, -0.1) is 0 Å². The molecular formula is C27H25BrN2O4. The molecule has 2 amide bonds. The molecule has 2 N–H and O–H groups in total. The number of aromatic hydroxyl groups is 1. The van der Waals surface area contributed by atoms with E-state index < -0.39 is 6.04 Å². The quantitative estimate of drug-likeness (QED) is 0.411. The van der Waals surface area contributed by atoms with Gasteiger partial charge in [-0.2, -0.15) is 0 Å². The first-order chi connectivity index (χ1) is 16.4. The van der Waals surface area contributed by atoms with Gasteiger partial charge < -0.3 is 15.2 Å². The molecule has 6 nitrogen and oxygen atoms in total. The normalized spacial score (nSPS) is 15.8. The minimum absolute atomic E-state index is 0.0260. The summed E-state index contributed by atoms with van der Waals surface area (Å²) in [4.78, 5) is 28.2. The van der Waals surface area contributed by atoms with Crippen LogP contribution in [0.2, 0.25) is 0 Å². The highest BCUT2D eigenvalue weighted by Crippen LogP contribution is 2.42. The summed E-state index contributed by atoms with van der Waals surface area (Å²) in [5.41, 5.74) is 3.34. The van der Waals surface area contributed by atoms with Gasteiger partial charge in [0.05, 0.1) is 24.9 Å². The molecule has 3 aromatic carbocycles. The smallest absolute Gasteiger partial charge is 0.322 e. The number of hydrogen-bond donors (Lipinski definition) is 2. The van der Waals surface area contributed by atoms with Gasteiger partial charge in [0.15, 0.2) is 17.3 Å². The van der Waals surface area contributed by atoms with E-state index in [1.54, 1.807) is 11.0 Å². The van der Waals surface area contributed by atoms with E-state index in [-0.39, 0.29) is 23.3 Å². The second-order valence-electron chi connectivity index (χ2n) is 7.91. The van der Waals surface area contributed by atoms with E-state index in [2.05, 4.69) is 21.2 Å². The molecule has 174 valence electrons. The molecule has 0 unspecified atom stereocenters. The average molecular weight is 521 g/mol. The molecule has 0 saturated carbocycles. The Balaban J connectivity index is 1.93. The zero-order valence-electron chi connectivity index (χ0n) is 18.9. The van der Waals surface area contributed by atoms with Gasteiger partial charge in [0.2, 0.25) is 0 Å². The van der Waals surface area contributed by atoms with Crippen LogP contribution in [-0.2, 0) is 11.3 Å². The molecule has 34 heavy (non-hydrogen) atoms. The summed E-state index contributed by atoms with van der Waals surface area (Å²) in [5, 5.41) is 13.3. The van der Waals surface area contributed by atoms with Crippen LogP contribution in [0.3, 0.4) is 0 Å². The summed E-state index contributed by atoms with van der Waals surface area (Å²) < 4.78 is 6.12. The fraction of sp³-hybridized carbons (Fsp3) is 0.185. The number of nitrogens with one attached hydrogen (secondary N) is 1. The fourth-order valence-electron chi connectivity index (χ4n) is 4.14. The Hall–Kier alpha value is -3.58. The standard InChI is InChI=1S/C27H25BrN2O4/c1-3-34-23-14-20(21(28)15-22(23)32)25-24(17(2)31)26(19-12-8-5-9-13-19)30(27(33)29-25)16-18-10-6-4-7-11-18/h4-15,25,32H,3,16H2,1-2H3,(H,29,33)/t25-/m1/s1. The lowest BCUT2D eigenvalue weighted by Crippen LogP contribution is -2.47. The van der Waals surface area contributed by atoms with Crippen molar-refractivity contribution in [3.8, 4) is 11.5 Å². The zero-order chi connectivity index (χ0) is 24.2. The van der Waals surface area contributed by atoms with Crippen molar-refractivity contribution in [2.45, 2.75) is 26.4 Å². The van der Waals surface area contributed by atoms with Crippen molar-refractivity contribution >= 4 is 33.4 Å². The molecule has 0 spiro atoms. The molecule has 3 aromatic rings. The number of benzene rings is 3. The monoisotopic (exact) mass is 520 g/mol. The Labute approximate surface area is 207 Å². The molecule has 7 heteroatoms.